The summed E-state index contributed by atoms with van der Waals surface area (Å²) in [6.45, 7) is 0. The van der Waals surface area contributed by atoms with Gasteiger partial charge in [-0.1, -0.05) is 23.4 Å². The Balaban J connectivity index is 2.24. The minimum atomic E-state index is -0.873. The molecule has 0 aliphatic rings. The number of nitrogens with zero attached hydrogens (tertiary/aromatic N) is 4. The van der Waals surface area contributed by atoms with Gasteiger partial charge >= 0.3 is 0 Å². The summed E-state index contributed by atoms with van der Waals surface area (Å²) >= 11 is 0. The van der Waals surface area contributed by atoms with Crippen LogP contribution in [0.4, 0.5) is 0 Å². The van der Waals surface area contributed by atoms with Gasteiger partial charge in [0.25, 0.3) is 0 Å². The van der Waals surface area contributed by atoms with Gasteiger partial charge in [0.1, 0.15) is 11.8 Å². The van der Waals surface area contributed by atoms with Gasteiger partial charge in [-0.05, 0) is 12.1 Å². The summed E-state index contributed by atoms with van der Waals surface area (Å²) in [6, 6.07) is 11.3. The molecule has 2 rings (SSSR count). The van der Waals surface area contributed by atoms with Crippen molar-refractivity contribution in [2.45, 2.75) is 12.5 Å². The lowest BCUT2D eigenvalue weighted by atomic mass is 10.2. The molecule has 0 radical (unpaired) electrons. The van der Waals surface area contributed by atoms with E-state index < -0.39 is 6.10 Å². The molecule has 80 valence electrons. The van der Waals surface area contributed by atoms with E-state index in [-0.39, 0.29) is 6.42 Å². The van der Waals surface area contributed by atoms with Gasteiger partial charge in [-0.15, -0.1) is 5.10 Å². The predicted octanol–water partition coefficient (Wildman–Crippen LogP) is 1.21. The summed E-state index contributed by atoms with van der Waals surface area (Å²) < 4.78 is 1.57. The monoisotopic (exact) mass is 214 g/mol. The van der Waals surface area contributed by atoms with Crippen molar-refractivity contribution < 1.29 is 5.11 Å². The average Bonchev–Trinajstić information content (AvgIpc) is 2.80. The normalized spacial score (nSPS) is 12.0. The van der Waals surface area contributed by atoms with Crippen LogP contribution in [0.5, 0.6) is 0 Å². The molecule has 0 spiro atoms. The molecular formula is C11H10N4O. The second-order valence-electron chi connectivity index (χ2n) is 3.30. The minimum Gasteiger partial charge on any atom is -0.386 e. The minimum absolute atomic E-state index is 0.0213. The van der Waals surface area contributed by atoms with Crippen molar-refractivity contribution in [1.82, 2.24) is 15.0 Å². The molecule has 1 N–H and O–H groups in total. The Bertz CT molecular complexity index is 500. The topological polar surface area (TPSA) is 74.7 Å². The van der Waals surface area contributed by atoms with Gasteiger partial charge in [-0.3, -0.25) is 0 Å². The highest BCUT2D eigenvalue weighted by molar-refractivity contribution is 5.30. The molecule has 0 fully saturated rings. The van der Waals surface area contributed by atoms with E-state index in [9.17, 15) is 5.11 Å². The van der Waals surface area contributed by atoms with Crippen molar-refractivity contribution in [2.75, 3.05) is 0 Å². The predicted molar refractivity (Wildman–Crippen MR) is 56.5 cm³/mol. The lowest BCUT2D eigenvalue weighted by Gasteiger charge is -1.99. The van der Waals surface area contributed by atoms with Gasteiger partial charge in [0.05, 0.1) is 24.4 Å². The zero-order chi connectivity index (χ0) is 11.4. The molecule has 1 atom stereocenters. The maximum Gasteiger partial charge on any atom is 0.113 e. The molecule has 5 nitrogen and oxygen atoms in total. The van der Waals surface area contributed by atoms with Crippen LogP contribution in [0.1, 0.15) is 18.2 Å². The van der Waals surface area contributed by atoms with E-state index in [2.05, 4.69) is 10.3 Å². The van der Waals surface area contributed by atoms with Gasteiger partial charge in [-0.25, -0.2) is 4.68 Å². The summed E-state index contributed by atoms with van der Waals surface area (Å²) in [6.07, 6.45) is 0.771. The molecule has 0 saturated carbocycles. The van der Waals surface area contributed by atoms with Crippen LogP contribution in [0, 0.1) is 11.3 Å². The molecule has 0 aliphatic heterocycles. The second-order valence-corrected chi connectivity index (χ2v) is 3.30. The van der Waals surface area contributed by atoms with Crippen LogP contribution >= 0.6 is 0 Å². The number of aliphatic hydroxyl groups excluding tert-OH is 1. The fraction of sp³-hybridized carbons (Fsp3) is 0.182. The van der Waals surface area contributed by atoms with Gasteiger partial charge in [-0.2, -0.15) is 5.26 Å². The van der Waals surface area contributed by atoms with Crippen molar-refractivity contribution in [3.63, 3.8) is 0 Å². The standard InChI is InChI=1S/C11H10N4O/c12-7-6-11(16)10-8-15(14-13-10)9-4-2-1-3-5-9/h1-5,8,11,16H,6H2. The number of aliphatic hydroxyl groups is 1. The molecule has 2 aromatic rings. The Morgan fingerprint density at radius 2 is 2.12 bits per heavy atom. The smallest absolute Gasteiger partial charge is 0.113 e. The maximum atomic E-state index is 9.54. The van der Waals surface area contributed by atoms with Crippen LogP contribution in [-0.2, 0) is 0 Å². The zero-order valence-electron chi connectivity index (χ0n) is 8.48. The number of aromatic nitrogens is 3. The summed E-state index contributed by atoms with van der Waals surface area (Å²) in [5.41, 5.74) is 1.27. The number of nitriles is 1. The third kappa shape index (κ3) is 2.07. The second kappa shape index (κ2) is 4.55. The van der Waals surface area contributed by atoms with E-state index in [1.165, 1.54) is 0 Å². The highest BCUT2D eigenvalue weighted by Gasteiger charge is 2.11. The summed E-state index contributed by atoms with van der Waals surface area (Å²) in [4.78, 5) is 0. The van der Waals surface area contributed by atoms with Crippen LogP contribution < -0.4 is 0 Å². The largest absolute Gasteiger partial charge is 0.386 e. The first kappa shape index (κ1) is 10.3. The van der Waals surface area contributed by atoms with Crippen LogP contribution in [0.15, 0.2) is 36.5 Å². The highest BCUT2D eigenvalue weighted by atomic mass is 16.3. The Morgan fingerprint density at radius 1 is 1.38 bits per heavy atom. The van der Waals surface area contributed by atoms with E-state index in [4.69, 9.17) is 5.26 Å². The summed E-state index contributed by atoms with van der Waals surface area (Å²) in [7, 11) is 0. The average molecular weight is 214 g/mol. The molecule has 1 aromatic carbocycles. The van der Waals surface area contributed by atoms with Crippen molar-refractivity contribution in [2.24, 2.45) is 0 Å². The summed E-state index contributed by atoms with van der Waals surface area (Å²) in [5, 5.41) is 25.7. The number of para-hydroxylation sites is 1. The molecule has 16 heavy (non-hydrogen) atoms. The third-order valence-electron chi connectivity index (χ3n) is 2.16. The number of hydrogen-bond donors (Lipinski definition) is 1. The molecular weight excluding hydrogens is 204 g/mol. The van der Waals surface area contributed by atoms with Crippen LogP contribution in [0.3, 0.4) is 0 Å². The Hall–Kier alpha value is -2.19. The fourth-order valence-electron chi connectivity index (χ4n) is 1.33. The number of rotatable bonds is 3. The van der Waals surface area contributed by atoms with Crippen LogP contribution in [0.25, 0.3) is 5.69 Å². The van der Waals surface area contributed by atoms with Crippen molar-refractivity contribution in [3.8, 4) is 11.8 Å². The fourth-order valence-corrected chi connectivity index (χ4v) is 1.33. The molecule has 0 bridgehead atoms. The lowest BCUT2D eigenvalue weighted by Crippen LogP contribution is -1.96. The van der Waals surface area contributed by atoms with Crippen molar-refractivity contribution in [1.29, 1.82) is 5.26 Å². The summed E-state index contributed by atoms with van der Waals surface area (Å²) in [5.74, 6) is 0. The van der Waals surface area contributed by atoms with Crippen LogP contribution in [0.2, 0.25) is 0 Å². The van der Waals surface area contributed by atoms with Crippen molar-refractivity contribution in [3.05, 3.63) is 42.2 Å². The van der Waals surface area contributed by atoms with Crippen molar-refractivity contribution >= 4 is 0 Å². The highest BCUT2D eigenvalue weighted by Crippen LogP contribution is 2.14. The van der Waals surface area contributed by atoms with Crippen LogP contribution in [-0.4, -0.2) is 20.1 Å². The van der Waals surface area contributed by atoms with Gasteiger partial charge < -0.3 is 5.11 Å². The molecule has 0 amide bonds. The molecule has 0 saturated heterocycles. The first-order valence-corrected chi connectivity index (χ1v) is 4.84. The van der Waals surface area contributed by atoms with E-state index >= 15 is 0 Å². The molecule has 1 aromatic heterocycles. The van der Waals surface area contributed by atoms with E-state index in [1.807, 2.05) is 36.4 Å². The molecule has 1 unspecified atom stereocenters. The Morgan fingerprint density at radius 3 is 2.81 bits per heavy atom. The Labute approximate surface area is 92.6 Å². The van der Waals surface area contributed by atoms with E-state index in [0.29, 0.717) is 5.69 Å². The zero-order valence-corrected chi connectivity index (χ0v) is 8.48. The lowest BCUT2D eigenvalue weighted by molar-refractivity contribution is 0.178. The maximum absolute atomic E-state index is 9.54. The van der Waals surface area contributed by atoms with E-state index in [1.54, 1.807) is 10.9 Å². The van der Waals surface area contributed by atoms with Gasteiger partial charge in [0, 0.05) is 0 Å². The first-order valence-electron chi connectivity index (χ1n) is 4.84. The molecule has 5 heteroatoms. The molecule has 0 aliphatic carbocycles. The number of benzene rings is 1. The SMILES string of the molecule is N#CCC(O)c1cn(-c2ccccc2)nn1. The Kier molecular flexibility index (Phi) is 2.94. The number of hydrogen-bond acceptors (Lipinski definition) is 4. The van der Waals surface area contributed by atoms with Gasteiger partial charge in [0.15, 0.2) is 0 Å². The third-order valence-corrected chi connectivity index (χ3v) is 2.16. The first-order chi connectivity index (χ1) is 7.81. The van der Waals surface area contributed by atoms with E-state index in [0.717, 1.165) is 5.69 Å². The molecule has 1 heterocycles. The van der Waals surface area contributed by atoms with Gasteiger partial charge in [0.2, 0.25) is 0 Å². The quantitative estimate of drug-likeness (QED) is 0.833.